The highest BCUT2D eigenvalue weighted by atomic mass is 79.9. The van der Waals surface area contributed by atoms with Crippen LogP contribution in [0.5, 0.6) is 5.88 Å². The predicted molar refractivity (Wildman–Crippen MR) is 82.8 cm³/mol. The van der Waals surface area contributed by atoms with Gasteiger partial charge in [0.25, 0.3) is 0 Å². The van der Waals surface area contributed by atoms with Crippen molar-refractivity contribution in [3.63, 3.8) is 0 Å². The normalized spacial score (nSPS) is 12.2. The van der Waals surface area contributed by atoms with E-state index in [1.54, 1.807) is 19.2 Å². The van der Waals surface area contributed by atoms with Gasteiger partial charge in [0, 0.05) is 24.2 Å². The average Bonchev–Trinajstić information content (AvgIpc) is 2.50. The van der Waals surface area contributed by atoms with Crippen LogP contribution in [0.1, 0.15) is 24.2 Å². The van der Waals surface area contributed by atoms with Crippen LogP contribution in [0.15, 0.2) is 35.1 Å². The molecule has 1 heterocycles. The van der Waals surface area contributed by atoms with Gasteiger partial charge in [-0.05, 0) is 34.1 Å². The van der Waals surface area contributed by atoms with Crippen LogP contribution in [0.2, 0.25) is 0 Å². The van der Waals surface area contributed by atoms with Gasteiger partial charge in [0.05, 0.1) is 11.6 Å². The second kappa shape index (κ2) is 7.47. The van der Waals surface area contributed by atoms with E-state index in [0.717, 1.165) is 17.8 Å². The van der Waals surface area contributed by atoms with Gasteiger partial charge in [-0.25, -0.2) is 14.4 Å². The molecule has 112 valence electrons. The summed E-state index contributed by atoms with van der Waals surface area (Å²) in [7, 11) is 1.57. The van der Waals surface area contributed by atoms with Gasteiger partial charge in [-0.1, -0.05) is 19.1 Å². The molecule has 1 atom stereocenters. The summed E-state index contributed by atoms with van der Waals surface area (Å²) in [6.07, 6.45) is 2.09. The van der Waals surface area contributed by atoms with Gasteiger partial charge in [0.2, 0.25) is 5.88 Å². The number of nitrogens with one attached hydrogen (secondary N) is 1. The Bertz CT molecular complexity index is 609. The molecule has 0 aliphatic rings. The topological polar surface area (TPSA) is 47.0 Å². The van der Waals surface area contributed by atoms with Crippen molar-refractivity contribution in [3.8, 4) is 5.88 Å². The van der Waals surface area contributed by atoms with Gasteiger partial charge in [-0.3, -0.25) is 0 Å². The summed E-state index contributed by atoms with van der Waals surface area (Å²) >= 11 is 3.32. The van der Waals surface area contributed by atoms with Gasteiger partial charge in [0.1, 0.15) is 12.1 Å². The number of methoxy groups -OCH3 is 1. The van der Waals surface area contributed by atoms with Gasteiger partial charge in [-0.2, -0.15) is 0 Å². The molecule has 2 rings (SSSR count). The Labute approximate surface area is 131 Å². The number of hydrogen-bond acceptors (Lipinski definition) is 4. The number of halogens is 2. The number of benzene rings is 1. The molecule has 6 heteroatoms. The SMILES string of the molecule is CCNC(Cc1cc(OC)ncn1)c1cccc(F)c1Br. The van der Waals surface area contributed by atoms with Crippen LogP contribution in [0.25, 0.3) is 0 Å². The third kappa shape index (κ3) is 3.98. The Balaban J connectivity index is 2.28. The minimum Gasteiger partial charge on any atom is -0.481 e. The molecule has 0 bridgehead atoms. The molecular formula is C15H17BrFN3O. The lowest BCUT2D eigenvalue weighted by molar-refractivity contribution is 0.395. The summed E-state index contributed by atoms with van der Waals surface area (Å²) in [5.41, 5.74) is 1.71. The lowest BCUT2D eigenvalue weighted by Crippen LogP contribution is -2.24. The first-order valence-electron chi connectivity index (χ1n) is 6.68. The van der Waals surface area contributed by atoms with Gasteiger partial charge < -0.3 is 10.1 Å². The summed E-state index contributed by atoms with van der Waals surface area (Å²) in [6.45, 7) is 2.79. The number of hydrogen-bond donors (Lipinski definition) is 1. The van der Waals surface area contributed by atoms with E-state index in [0.29, 0.717) is 16.8 Å². The van der Waals surface area contributed by atoms with Crippen molar-refractivity contribution in [1.29, 1.82) is 0 Å². The molecule has 0 spiro atoms. The van der Waals surface area contributed by atoms with Crippen LogP contribution in [0.3, 0.4) is 0 Å². The monoisotopic (exact) mass is 353 g/mol. The summed E-state index contributed by atoms with van der Waals surface area (Å²) in [5.74, 6) is 0.254. The van der Waals surface area contributed by atoms with Crippen LogP contribution in [-0.4, -0.2) is 23.6 Å². The van der Waals surface area contributed by atoms with Gasteiger partial charge in [-0.15, -0.1) is 0 Å². The molecule has 0 amide bonds. The van der Waals surface area contributed by atoms with E-state index in [1.807, 2.05) is 13.0 Å². The van der Waals surface area contributed by atoms with Crippen LogP contribution in [-0.2, 0) is 6.42 Å². The molecule has 2 aromatic rings. The maximum Gasteiger partial charge on any atom is 0.216 e. The zero-order valence-corrected chi connectivity index (χ0v) is 13.5. The molecule has 0 aliphatic heterocycles. The van der Waals surface area contributed by atoms with Crippen molar-refractivity contribution < 1.29 is 9.13 Å². The van der Waals surface area contributed by atoms with Crippen molar-refractivity contribution in [2.75, 3.05) is 13.7 Å². The van der Waals surface area contributed by atoms with E-state index in [-0.39, 0.29) is 11.9 Å². The maximum absolute atomic E-state index is 13.7. The van der Waals surface area contributed by atoms with Crippen molar-refractivity contribution in [3.05, 3.63) is 52.1 Å². The Hall–Kier alpha value is -1.53. The lowest BCUT2D eigenvalue weighted by Gasteiger charge is -2.19. The first-order valence-corrected chi connectivity index (χ1v) is 7.47. The molecule has 0 saturated heterocycles. The smallest absolute Gasteiger partial charge is 0.216 e. The van der Waals surface area contributed by atoms with Crippen molar-refractivity contribution >= 4 is 15.9 Å². The molecule has 1 N–H and O–H groups in total. The maximum atomic E-state index is 13.7. The van der Waals surface area contributed by atoms with Crippen molar-refractivity contribution in [2.24, 2.45) is 0 Å². The molecule has 1 aromatic carbocycles. The number of nitrogens with zero attached hydrogens (tertiary/aromatic N) is 2. The highest BCUT2D eigenvalue weighted by Gasteiger charge is 2.17. The number of likely N-dealkylation sites (N-methyl/N-ethyl adjacent to an activating group) is 1. The quantitative estimate of drug-likeness (QED) is 0.865. The third-order valence-electron chi connectivity index (χ3n) is 3.13. The van der Waals surface area contributed by atoms with Gasteiger partial charge >= 0.3 is 0 Å². The molecule has 0 fully saturated rings. The molecule has 1 aromatic heterocycles. The fourth-order valence-electron chi connectivity index (χ4n) is 2.14. The second-order valence-corrected chi connectivity index (χ2v) is 5.30. The van der Waals surface area contributed by atoms with E-state index in [4.69, 9.17) is 4.74 Å². The zero-order valence-electron chi connectivity index (χ0n) is 11.9. The summed E-state index contributed by atoms with van der Waals surface area (Å²) in [6, 6.07) is 6.79. The summed E-state index contributed by atoms with van der Waals surface area (Å²) in [5, 5.41) is 3.36. The summed E-state index contributed by atoms with van der Waals surface area (Å²) < 4.78 is 19.3. The Morgan fingerprint density at radius 1 is 1.38 bits per heavy atom. The molecule has 1 unspecified atom stereocenters. The van der Waals surface area contributed by atoms with Crippen molar-refractivity contribution in [2.45, 2.75) is 19.4 Å². The minimum absolute atomic E-state index is 0.0420. The molecule has 0 radical (unpaired) electrons. The van der Waals surface area contributed by atoms with E-state index in [1.165, 1.54) is 12.4 Å². The highest BCUT2D eigenvalue weighted by Crippen LogP contribution is 2.28. The van der Waals surface area contributed by atoms with Crippen LogP contribution in [0, 0.1) is 5.82 Å². The van der Waals surface area contributed by atoms with Crippen LogP contribution >= 0.6 is 15.9 Å². The largest absolute Gasteiger partial charge is 0.481 e. The van der Waals surface area contributed by atoms with E-state index in [2.05, 4.69) is 31.2 Å². The molecule has 4 nitrogen and oxygen atoms in total. The predicted octanol–water partition coefficient (Wildman–Crippen LogP) is 3.28. The second-order valence-electron chi connectivity index (χ2n) is 4.51. The summed E-state index contributed by atoms with van der Waals surface area (Å²) in [4.78, 5) is 8.24. The first-order chi connectivity index (χ1) is 10.2. The molecular weight excluding hydrogens is 337 g/mol. The minimum atomic E-state index is -0.268. The fraction of sp³-hybridized carbons (Fsp3) is 0.333. The van der Waals surface area contributed by atoms with E-state index in [9.17, 15) is 4.39 Å². The number of ether oxygens (including phenoxy) is 1. The fourth-order valence-corrected chi connectivity index (χ4v) is 2.68. The van der Waals surface area contributed by atoms with Crippen molar-refractivity contribution in [1.82, 2.24) is 15.3 Å². The molecule has 0 saturated carbocycles. The number of aromatic nitrogens is 2. The van der Waals surface area contributed by atoms with E-state index < -0.39 is 0 Å². The standard InChI is InChI=1S/C15H17BrFN3O/c1-3-18-13(11-5-4-6-12(17)15(11)16)7-10-8-14(21-2)20-9-19-10/h4-6,8-9,13,18H,3,7H2,1-2H3. The van der Waals surface area contributed by atoms with Gasteiger partial charge in [0.15, 0.2) is 0 Å². The third-order valence-corrected chi connectivity index (χ3v) is 3.97. The lowest BCUT2D eigenvalue weighted by atomic mass is 10.0. The average molecular weight is 354 g/mol. The zero-order chi connectivity index (χ0) is 15.2. The Morgan fingerprint density at radius 3 is 2.90 bits per heavy atom. The Morgan fingerprint density at radius 2 is 2.19 bits per heavy atom. The number of rotatable bonds is 6. The molecule has 21 heavy (non-hydrogen) atoms. The Kier molecular flexibility index (Phi) is 5.64. The first kappa shape index (κ1) is 15.9. The van der Waals surface area contributed by atoms with E-state index >= 15 is 0 Å². The molecule has 0 aliphatic carbocycles. The van der Waals surface area contributed by atoms with Crippen LogP contribution in [0.4, 0.5) is 4.39 Å². The van der Waals surface area contributed by atoms with Crippen LogP contribution < -0.4 is 10.1 Å². The highest BCUT2D eigenvalue weighted by molar-refractivity contribution is 9.10.